The van der Waals surface area contributed by atoms with Crippen molar-refractivity contribution in [3.63, 3.8) is 0 Å². The first-order chi connectivity index (χ1) is 13.6. The van der Waals surface area contributed by atoms with Gasteiger partial charge in [-0.05, 0) is 55.2 Å². The van der Waals surface area contributed by atoms with Crippen LogP contribution in [0.25, 0.3) is 0 Å². The number of hydrogen-bond donors (Lipinski definition) is 0. The van der Waals surface area contributed by atoms with Crippen molar-refractivity contribution >= 4 is 5.97 Å². The van der Waals surface area contributed by atoms with E-state index in [1.807, 2.05) is 12.1 Å². The second kappa shape index (κ2) is 12.9. The van der Waals surface area contributed by atoms with E-state index >= 15 is 0 Å². The van der Waals surface area contributed by atoms with Gasteiger partial charge in [0.1, 0.15) is 0 Å². The van der Waals surface area contributed by atoms with Crippen molar-refractivity contribution in [1.82, 2.24) is 0 Å². The molecule has 0 N–H and O–H groups in total. The minimum Gasteiger partial charge on any atom is -0.425 e. The Morgan fingerprint density at radius 3 is 2.21 bits per heavy atom. The van der Waals surface area contributed by atoms with Crippen LogP contribution in [0.1, 0.15) is 106 Å². The maximum atomic E-state index is 12.8. The largest absolute Gasteiger partial charge is 0.425 e. The molecule has 0 saturated heterocycles. The number of halogens is 2. The van der Waals surface area contributed by atoms with Crippen LogP contribution < -0.4 is 0 Å². The fourth-order valence-electron chi connectivity index (χ4n) is 4.28. The lowest BCUT2D eigenvalue weighted by Crippen LogP contribution is -2.16. The Morgan fingerprint density at radius 1 is 1.00 bits per heavy atom. The Kier molecular flexibility index (Phi) is 10.5. The highest BCUT2D eigenvalue weighted by atomic mass is 19.2. The van der Waals surface area contributed by atoms with Crippen LogP contribution in [-0.2, 0) is 4.74 Å². The van der Waals surface area contributed by atoms with E-state index < -0.39 is 19.0 Å². The highest BCUT2D eigenvalue weighted by Crippen LogP contribution is 2.37. The molecule has 1 fully saturated rings. The highest BCUT2D eigenvalue weighted by Gasteiger charge is 2.22. The predicted molar refractivity (Wildman–Crippen MR) is 110 cm³/mol. The molecule has 0 spiro atoms. The van der Waals surface area contributed by atoms with Crippen molar-refractivity contribution in [1.29, 1.82) is 0 Å². The van der Waals surface area contributed by atoms with Gasteiger partial charge in [-0.15, -0.1) is 0 Å². The van der Waals surface area contributed by atoms with Gasteiger partial charge in [-0.2, -0.15) is 4.39 Å². The minimum atomic E-state index is -2.18. The van der Waals surface area contributed by atoms with Crippen molar-refractivity contribution in [2.24, 2.45) is 5.92 Å². The van der Waals surface area contributed by atoms with Crippen LogP contribution in [0.15, 0.2) is 24.3 Å². The maximum Gasteiger partial charge on any atom is 0.340 e. The molecule has 28 heavy (non-hydrogen) atoms. The highest BCUT2D eigenvalue weighted by molar-refractivity contribution is 5.89. The van der Waals surface area contributed by atoms with Crippen LogP contribution in [0.3, 0.4) is 0 Å². The number of unbranched alkanes of at least 4 members (excludes halogenated alkanes) is 6. The molecular weight excluding hydrogens is 358 g/mol. The standard InChI is InChI=1S/C24H36F2O2/c1-2-3-4-5-6-7-8-9-19-10-12-20(13-11-19)21-14-16-22(17-15-21)24(27)28-23(26)18-25/h14-17,19-20,23H,2-13,18H2,1H3/t19-,20-,23?. The van der Waals surface area contributed by atoms with Crippen molar-refractivity contribution in [2.75, 3.05) is 6.67 Å². The Bertz CT molecular complexity index is 550. The van der Waals surface area contributed by atoms with E-state index in [0.29, 0.717) is 5.92 Å². The summed E-state index contributed by atoms with van der Waals surface area (Å²) < 4.78 is 29.3. The third-order valence-electron chi connectivity index (χ3n) is 6.04. The number of rotatable bonds is 12. The molecule has 1 aromatic carbocycles. The van der Waals surface area contributed by atoms with E-state index in [1.165, 1.54) is 82.6 Å². The molecule has 0 bridgehead atoms. The molecule has 1 unspecified atom stereocenters. The number of benzene rings is 1. The fourth-order valence-corrected chi connectivity index (χ4v) is 4.28. The van der Waals surface area contributed by atoms with Gasteiger partial charge in [0, 0.05) is 0 Å². The number of ether oxygens (including phenoxy) is 1. The molecule has 1 atom stereocenters. The molecule has 1 aromatic rings. The fraction of sp³-hybridized carbons (Fsp3) is 0.708. The number of carbonyl (C=O) groups excluding carboxylic acids is 1. The van der Waals surface area contributed by atoms with Gasteiger partial charge in [0.05, 0.1) is 5.56 Å². The summed E-state index contributed by atoms with van der Waals surface area (Å²) in [7, 11) is 0. The Balaban J connectivity index is 1.66. The minimum absolute atomic E-state index is 0.271. The zero-order valence-corrected chi connectivity index (χ0v) is 17.3. The normalized spacial score (nSPS) is 20.7. The van der Waals surface area contributed by atoms with Crippen molar-refractivity contribution < 1.29 is 18.3 Å². The van der Waals surface area contributed by atoms with Crippen molar-refractivity contribution in [3.05, 3.63) is 35.4 Å². The summed E-state index contributed by atoms with van der Waals surface area (Å²) in [5, 5.41) is 0. The molecule has 158 valence electrons. The lowest BCUT2D eigenvalue weighted by Gasteiger charge is -2.29. The summed E-state index contributed by atoms with van der Waals surface area (Å²) in [5.74, 6) is 0.591. The third-order valence-corrected chi connectivity index (χ3v) is 6.04. The number of hydrogen-bond acceptors (Lipinski definition) is 2. The van der Waals surface area contributed by atoms with E-state index in [0.717, 1.165) is 5.92 Å². The first-order valence-electron chi connectivity index (χ1n) is 11.1. The van der Waals surface area contributed by atoms with Gasteiger partial charge < -0.3 is 4.74 Å². The van der Waals surface area contributed by atoms with Gasteiger partial charge in [-0.25, -0.2) is 9.18 Å². The zero-order chi connectivity index (χ0) is 20.2. The van der Waals surface area contributed by atoms with Gasteiger partial charge in [0.2, 0.25) is 0 Å². The maximum absolute atomic E-state index is 12.8. The molecule has 2 rings (SSSR count). The average Bonchev–Trinajstić information content (AvgIpc) is 2.73. The molecular formula is C24H36F2O2. The number of esters is 1. The van der Waals surface area contributed by atoms with E-state index in [2.05, 4.69) is 11.7 Å². The molecule has 1 saturated carbocycles. The van der Waals surface area contributed by atoms with Crippen molar-refractivity contribution in [2.45, 2.75) is 96.2 Å². The zero-order valence-electron chi connectivity index (χ0n) is 17.3. The molecule has 1 aliphatic carbocycles. The van der Waals surface area contributed by atoms with Crippen LogP contribution in [0.4, 0.5) is 8.78 Å². The monoisotopic (exact) mass is 394 g/mol. The second-order valence-corrected chi connectivity index (χ2v) is 8.22. The molecule has 2 nitrogen and oxygen atoms in total. The second-order valence-electron chi connectivity index (χ2n) is 8.22. The SMILES string of the molecule is CCCCCCCCC[C@H]1CC[C@H](c2ccc(C(=O)OC(F)CF)cc2)CC1. The van der Waals surface area contributed by atoms with Gasteiger partial charge in [0.25, 0.3) is 6.36 Å². The van der Waals surface area contributed by atoms with E-state index in [1.54, 1.807) is 12.1 Å². The molecule has 1 aliphatic rings. The quantitative estimate of drug-likeness (QED) is 0.271. The van der Waals surface area contributed by atoms with E-state index in [4.69, 9.17) is 0 Å². The summed E-state index contributed by atoms with van der Waals surface area (Å²) in [4.78, 5) is 11.7. The summed E-state index contributed by atoms with van der Waals surface area (Å²) in [5.41, 5.74) is 1.50. The van der Waals surface area contributed by atoms with Gasteiger partial charge in [0.15, 0.2) is 6.67 Å². The van der Waals surface area contributed by atoms with Crippen LogP contribution in [0.5, 0.6) is 0 Å². The topological polar surface area (TPSA) is 26.3 Å². The predicted octanol–water partition coefficient (Wildman–Crippen LogP) is 7.52. The Labute approximate surface area is 169 Å². The summed E-state index contributed by atoms with van der Waals surface area (Å²) >= 11 is 0. The number of carbonyl (C=O) groups is 1. The van der Waals surface area contributed by atoms with Crippen LogP contribution in [0.2, 0.25) is 0 Å². The van der Waals surface area contributed by atoms with Crippen LogP contribution >= 0.6 is 0 Å². The molecule has 0 radical (unpaired) electrons. The van der Waals surface area contributed by atoms with Gasteiger partial charge >= 0.3 is 5.97 Å². The first-order valence-corrected chi connectivity index (χ1v) is 11.1. The van der Waals surface area contributed by atoms with Crippen LogP contribution in [0, 0.1) is 5.92 Å². The number of alkyl halides is 2. The molecule has 0 aliphatic heterocycles. The molecule has 0 heterocycles. The Morgan fingerprint density at radius 2 is 1.61 bits per heavy atom. The molecule has 0 amide bonds. The summed E-state index contributed by atoms with van der Waals surface area (Å²) in [6.45, 7) is 0.945. The summed E-state index contributed by atoms with van der Waals surface area (Å²) in [6, 6.07) is 7.18. The average molecular weight is 395 g/mol. The third kappa shape index (κ3) is 7.89. The molecule has 4 heteroatoms. The van der Waals surface area contributed by atoms with Crippen LogP contribution in [-0.4, -0.2) is 19.0 Å². The van der Waals surface area contributed by atoms with Crippen molar-refractivity contribution in [3.8, 4) is 0 Å². The molecule has 0 aromatic heterocycles. The van der Waals surface area contributed by atoms with Gasteiger partial charge in [-0.1, -0.05) is 70.4 Å². The van der Waals surface area contributed by atoms with Gasteiger partial charge in [-0.3, -0.25) is 0 Å². The first kappa shape index (κ1) is 22.8. The van der Waals surface area contributed by atoms with E-state index in [-0.39, 0.29) is 5.56 Å². The van der Waals surface area contributed by atoms with E-state index in [9.17, 15) is 13.6 Å². The lowest BCUT2D eigenvalue weighted by atomic mass is 9.77. The Hall–Kier alpha value is -1.45. The summed E-state index contributed by atoms with van der Waals surface area (Å²) in [6.07, 6.45) is 13.7. The lowest BCUT2D eigenvalue weighted by molar-refractivity contribution is -0.0254. The smallest absolute Gasteiger partial charge is 0.340 e.